The van der Waals surface area contributed by atoms with Gasteiger partial charge < -0.3 is 19.7 Å². The molecule has 0 aliphatic rings. The molecular formula is C33H42ClN3O6S. The van der Waals surface area contributed by atoms with Gasteiger partial charge in [0.05, 0.1) is 24.8 Å². The highest BCUT2D eigenvalue weighted by Crippen LogP contribution is 2.33. The highest BCUT2D eigenvalue weighted by molar-refractivity contribution is 7.92. The number of methoxy groups -OCH3 is 2. The quantitative estimate of drug-likeness (QED) is 0.207. The van der Waals surface area contributed by atoms with Gasteiger partial charge >= 0.3 is 0 Å². The Labute approximate surface area is 266 Å². The van der Waals surface area contributed by atoms with E-state index in [9.17, 15) is 18.0 Å². The van der Waals surface area contributed by atoms with Crippen molar-refractivity contribution in [2.75, 3.05) is 31.6 Å². The number of anilines is 1. The lowest BCUT2D eigenvalue weighted by molar-refractivity contribution is -0.140. The van der Waals surface area contributed by atoms with Gasteiger partial charge in [-0.3, -0.25) is 13.9 Å². The summed E-state index contributed by atoms with van der Waals surface area (Å²) in [5, 5.41) is 3.47. The Hall–Kier alpha value is -3.76. The molecule has 2 amide bonds. The third kappa shape index (κ3) is 8.66. The van der Waals surface area contributed by atoms with Crippen LogP contribution in [0.5, 0.6) is 11.5 Å². The van der Waals surface area contributed by atoms with Gasteiger partial charge in [-0.05, 0) is 79.8 Å². The van der Waals surface area contributed by atoms with Gasteiger partial charge in [0, 0.05) is 24.2 Å². The third-order valence-electron chi connectivity index (χ3n) is 7.20. The van der Waals surface area contributed by atoms with Crippen LogP contribution in [-0.4, -0.2) is 58.5 Å². The van der Waals surface area contributed by atoms with Crippen LogP contribution in [0.3, 0.4) is 0 Å². The first-order valence-electron chi connectivity index (χ1n) is 14.6. The van der Waals surface area contributed by atoms with E-state index < -0.39 is 28.5 Å². The van der Waals surface area contributed by atoms with E-state index in [1.165, 1.54) is 37.3 Å². The van der Waals surface area contributed by atoms with E-state index in [1.54, 1.807) is 36.4 Å². The number of nitrogens with one attached hydrogen (secondary N) is 1. The lowest BCUT2D eigenvalue weighted by Gasteiger charge is -2.33. The second kappa shape index (κ2) is 15.8. The molecule has 0 aliphatic carbocycles. The van der Waals surface area contributed by atoms with Crippen molar-refractivity contribution in [2.24, 2.45) is 0 Å². The maximum Gasteiger partial charge on any atom is 0.264 e. The Morgan fingerprint density at radius 2 is 1.55 bits per heavy atom. The maximum atomic E-state index is 14.3. The predicted molar refractivity (Wildman–Crippen MR) is 174 cm³/mol. The number of nitrogens with zero attached hydrogens (tertiary/aromatic N) is 2. The van der Waals surface area contributed by atoms with E-state index in [4.69, 9.17) is 21.1 Å². The van der Waals surface area contributed by atoms with Gasteiger partial charge in [-0.25, -0.2) is 8.42 Å². The summed E-state index contributed by atoms with van der Waals surface area (Å²) in [5.74, 6) is -0.210. The topological polar surface area (TPSA) is 105 Å². The number of benzene rings is 3. The average Bonchev–Trinajstić information content (AvgIpc) is 2.99. The number of sulfonamides is 1. The molecule has 0 fully saturated rings. The maximum absolute atomic E-state index is 14.3. The lowest BCUT2D eigenvalue weighted by atomic mass is 10.1. The zero-order valence-corrected chi connectivity index (χ0v) is 27.8. The van der Waals surface area contributed by atoms with Gasteiger partial charge in [0.1, 0.15) is 12.6 Å². The highest BCUT2D eigenvalue weighted by atomic mass is 35.5. The molecule has 0 saturated heterocycles. The highest BCUT2D eigenvalue weighted by Gasteiger charge is 2.34. The summed E-state index contributed by atoms with van der Waals surface area (Å²) in [6.45, 7) is 7.62. The smallest absolute Gasteiger partial charge is 0.264 e. The van der Waals surface area contributed by atoms with Crippen molar-refractivity contribution in [1.82, 2.24) is 10.2 Å². The third-order valence-corrected chi connectivity index (χ3v) is 9.22. The molecule has 0 aliphatic heterocycles. The average molecular weight is 644 g/mol. The van der Waals surface area contributed by atoms with Crippen LogP contribution >= 0.6 is 11.6 Å². The molecule has 0 aromatic heterocycles. The van der Waals surface area contributed by atoms with Gasteiger partial charge in [0.25, 0.3) is 10.0 Å². The second-order valence-electron chi connectivity index (χ2n) is 10.6. The summed E-state index contributed by atoms with van der Waals surface area (Å²) >= 11 is 6.10. The molecule has 3 rings (SSSR count). The first-order chi connectivity index (χ1) is 20.9. The van der Waals surface area contributed by atoms with E-state index in [1.807, 2.05) is 33.8 Å². The van der Waals surface area contributed by atoms with Crippen molar-refractivity contribution < 1.29 is 27.5 Å². The molecule has 0 saturated carbocycles. The number of hydrogen-bond acceptors (Lipinski definition) is 6. The van der Waals surface area contributed by atoms with Crippen LogP contribution < -0.4 is 19.1 Å². The number of unbranched alkanes of at least 4 members (excludes halogenated alkanes) is 1. The van der Waals surface area contributed by atoms with Crippen molar-refractivity contribution in [3.05, 3.63) is 82.4 Å². The molecule has 3 aromatic carbocycles. The number of amides is 2. The number of carbonyl (C=O) groups is 2. The number of aryl methyl sites for hydroxylation is 2. The molecule has 1 atom stereocenters. The summed E-state index contributed by atoms with van der Waals surface area (Å²) in [6, 6.07) is 15.8. The Kier molecular flexibility index (Phi) is 12.5. The van der Waals surface area contributed by atoms with Gasteiger partial charge in [-0.1, -0.05) is 50.1 Å². The number of rotatable bonds is 15. The fourth-order valence-corrected chi connectivity index (χ4v) is 6.48. The van der Waals surface area contributed by atoms with Crippen LogP contribution in [0.25, 0.3) is 0 Å². The molecule has 0 heterocycles. The molecule has 0 radical (unpaired) electrons. The van der Waals surface area contributed by atoms with Crippen molar-refractivity contribution in [2.45, 2.75) is 64.4 Å². The standard InChI is InChI=1S/C33H42ClN3O6S/c1-7-9-16-35-33(39)29(8-2)36(21-25-10-12-26(34)13-11-25)32(38)22-37(27-18-23(3)17-24(4)19-27)44(40,41)28-14-15-30(42-5)31(20-28)43-6/h10-15,17-20,29H,7-9,16,21-22H2,1-6H3,(H,35,39). The van der Waals surface area contributed by atoms with Crippen LogP contribution in [0.2, 0.25) is 5.02 Å². The van der Waals surface area contributed by atoms with E-state index in [2.05, 4.69) is 5.32 Å². The molecule has 1 N–H and O–H groups in total. The monoisotopic (exact) mass is 643 g/mol. The van der Waals surface area contributed by atoms with Crippen LogP contribution in [0.15, 0.2) is 65.6 Å². The Bertz CT molecular complexity index is 1530. The summed E-state index contributed by atoms with van der Waals surface area (Å²) in [4.78, 5) is 29.0. The largest absolute Gasteiger partial charge is 0.493 e. The fourth-order valence-electron chi connectivity index (χ4n) is 4.94. The minimum absolute atomic E-state index is 0.0734. The summed E-state index contributed by atoms with van der Waals surface area (Å²) in [6.07, 6.45) is 2.05. The van der Waals surface area contributed by atoms with Gasteiger partial charge in [-0.15, -0.1) is 0 Å². The number of carbonyl (C=O) groups excluding carboxylic acids is 2. The van der Waals surface area contributed by atoms with Crippen LogP contribution in [0.1, 0.15) is 49.8 Å². The molecule has 11 heteroatoms. The minimum atomic E-state index is -4.29. The second-order valence-corrected chi connectivity index (χ2v) is 12.9. The lowest BCUT2D eigenvalue weighted by Crippen LogP contribution is -2.52. The molecule has 0 bridgehead atoms. The van der Waals surface area contributed by atoms with Crippen molar-refractivity contribution in [1.29, 1.82) is 0 Å². The summed E-state index contributed by atoms with van der Waals surface area (Å²) in [7, 11) is -1.41. The van der Waals surface area contributed by atoms with E-state index in [0.29, 0.717) is 29.4 Å². The van der Waals surface area contributed by atoms with Crippen molar-refractivity contribution in [3.8, 4) is 11.5 Å². The van der Waals surface area contributed by atoms with E-state index in [0.717, 1.165) is 33.8 Å². The SMILES string of the molecule is CCCCNC(=O)C(CC)N(Cc1ccc(Cl)cc1)C(=O)CN(c1cc(C)cc(C)c1)S(=O)(=O)c1ccc(OC)c(OC)c1. The zero-order chi connectivity index (χ0) is 32.4. The first kappa shape index (κ1) is 34.7. The Balaban J connectivity index is 2.11. The van der Waals surface area contributed by atoms with E-state index in [-0.39, 0.29) is 23.1 Å². The predicted octanol–water partition coefficient (Wildman–Crippen LogP) is 5.89. The molecule has 1 unspecified atom stereocenters. The molecule has 9 nitrogen and oxygen atoms in total. The van der Waals surface area contributed by atoms with E-state index >= 15 is 0 Å². The van der Waals surface area contributed by atoms with Gasteiger partial charge in [0.15, 0.2) is 11.5 Å². The zero-order valence-electron chi connectivity index (χ0n) is 26.2. The Morgan fingerprint density at radius 1 is 0.909 bits per heavy atom. The first-order valence-corrected chi connectivity index (χ1v) is 16.4. The van der Waals surface area contributed by atoms with Crippen LogP contribution in [0.4, 0.5) is 5.69 Å². The summed E-state index contributed by atoms with van der Waals surface area (Å²) < 4.78 is 40.3. The van der Waals surface area contributed by atoms with Crippen LogP contribution in [-0.2, 0) is 26.2 Å². The molecule has 238 valence electrons. The number of hydrogen-bond donors (Lipinski definition) is 1. The molecular weight excluding hydrogens is 602 g/mol. The molecule has 3 aromatic rings. The normalized spacial score (nSPS) is 11.9. The van der Waals surface area contributed by atoms with Crippen molar-refractivity contribution in [3.63, 3.8) is 0 Å². The Morgan fingerprint density at radius 3 is 2.11 bits per heavy atom. The van der Waals surface area contributed by atoms with Crippen LogP contribution in [0, 0.1) is 13.8 Å². The minimum Gasteiger partial charge on any atom is -0.493 e. The number of ether oxygens (including phenoxy) is 2. The number of halogens is 1. The van der Waals surface area contributed by atoms with Gasteiger partial charge in [0.2, 0.25) is 11.8 Å². The van der Waals surface area contributed by atoms with Gasteiger partial charge in [-0.2, -0.15) is 0 Å². The molecule has 44 heavy (non-hydrogen) atoms. The van der Waals surface area contributed by atoms with Crippen molar-refractivity contribution >= 4 is 39.1 Å². The summed E-state index contributed by atoms with van der Waals surface area (Å²) in [5.41, 5.74) is 2.75. The molecule has 0 spiro atoms. The fraction of sp³-hybridized carbons (Fsp3) is 0.394.